The van der Waals surface area contributed by atoms with E-state index in [2.05, 4.69) is 11.2 Å². The predicted octanol–water partition coefficient (Wildman–Crippen LogP) is 3.32. The maximum Gasteiger partial charge on any atom is 0.303 e. The predicted molar refractivity (Wildman–Crippen MR) is 110 cm³/mol. The van der Waals surface area contributed by atoms with Crippen LogP contribution in [0.5, 0.6) is 11.5 Å². The van der Waals surface area contributed by atoms with Gasteiger partial charge in [0.25, 0.3) is 5.91 Å². The van der Waals surface area contributed by atoms with Crippen LogP contribution in [0.3, 0.4) is 0 Å². The standard InChI is InChI=1S/C22H22ClNO5/c1-4-13-28-19-10-5-16(14-20(19)27-3)11-12-24-22(26)21(29-15(2)25)17-6-8-18(23)9-7-17/h1,5-10,14,21H,11-13H2,2-3H3,(H,24,26). The van der Waals surface area contributed by atoms with Gasteiger partial charge in [-0.1, -0.05) is 35.7 Å². The highest BCUT2D eigenvalue weighted by molar-refractivity contribution is 6.30. The largest absolute Gasteiger partial charge is 0.493 e. The summed E-state index contributed by atoms with van der Waals surface area (Å²) in [4.78, 5) is 24.0. The summed E-state index contributed by atoms with van der Waals surface area (Å²) in [6.45, 7) is 1.75. The second-order valence-electron chi connectivity index (χ2n) is 6.06. The molecule has 0 spiro atoms. The number of benzene rings is 2. The molecule has 0 aliphatic rings. The Balaban J connectivity index is 2.00. The number of carbonyl (C=O) groups excluding carboxylic acids is 2. The molecule has 2 aromatic carbocycles. The van der Waals surface area contributed by atoms with Crippen molar-refractivity contribution in [3.05, 3.63) is 58.6 Å². The molecule has 0 radical (unpaired) electrons. The molecule has 2 rings (SSSR count). The molecule has 7 heteroatoms. The van der Waals surface area contributed by atoms with Crippen molar-refractivity contribution in [2.24, 2.45) is 0 Å². The molecule has 0 saturated heterocycles. The fourth-order valence-electron chi connectivity index (χ4n) is 2.61. The van der Waals surface area contributed by atoms with Crippen LogP contribution in [-0.4, -0.2) is 32.1 Å². The van der Waals surface area contributed by atoms with E-state index in [1.54, 1.807) is 37.4 Å². The van der Waals surface area contributed by atoms with E-state index >= 15 is 0 Å². The molecule has 0 aliphatic heterocycles. The molecule has 0 bridgehead atoms. The molecule has 0 aromatic heterocycles. The van der Waals surface area contributed by atoms with Crippen LogP contribution in [-0.2, 0) is 20.7 Å². The van der Waals surface area contributed by atoms with Crippen molar-refractivity contribution < 1.29 is 23.8 Å². The topological polar surface area (TPSA) is 73.9 Å². The Labute approximate surface area is 175 Å². The zero-order valence-corrected chi connectivity index (χ0v) is 17.0. The highest BCUT2D eigenvalue weighted by Gasteiger charge is 2.23. The molecule has 1 atom stereocenters. The van der Waals surface area contributed by atoms with Gasteiger partial charge in [-0.15, -0.1) is 6.42 Å². The van der Waals surface area contributed by atoms with Gasteiger partial charge in [-0.2, -0.15) is 0 Å². The number of amides is 1. The Hall–Kier alpha value is -3.17. The first-order chi connectivity index (χ1) is 13.9. The van der Waals surface area contributed by atoms with Gasteiger partial charge in [0.2, 0.25) is 6.10 Å². The molecular formula is C22H22ClNO5. The lowest BCUT2D eigenvalue weighted by molar-refractivity contribution is -0.154. The molecule has 0 fully saturated rings. The number of methoxy groups -OCH3 is 1. The van der Waals surface area contributed by atoms with E-state index in [0.717, 1.165) is 5.56 Å². The fraction of sp³-hybridized carbons (Fsp3) is 0.273. The second-order valence-corrected chi connectivity index (χ2v) is 6.50. The van der Waals surface area contributed by atoms with E-state index in [0.29, 0.717) is 35.1 Å². The summed E-state index contributed by atoms with van der Waals surface area (Å²) in [5, 5.41) is 3.32. The first kappa shape index (κ1) is 22.1. The van der Waals surface area contributed by atoms with Gasteiger partial charge in [0.1, 0.15) is 6.61 Å². The third-order valence-electron chi connectivity index (χ3n) is 3.95. The summed E-state index contributed by atoms with van der Waals surface area (Å²) >= 11 is 5.88. The average molecular weight is 416 g/mol. The van der Waals surface area contributed by atoms with E-state index < -0.39 is 18.0 Å². The van der Waals surface area contributed by atoms with Crippen LogP contribution in [0.1, 0.15) is 24.2 Å². The molecular weight excluding hydrogens is 394 g/mol. The highest BCUT2D eigenvalue weighted by Crippen LogP contribution is 2.28. The van der Waals surface area contributed by atoms with E-state index in [1.165, 1.54) is 6.92 Å². The number of halogens is 1. The van der Waals surface area contributed by atoms with Crippen LogP contribution in [0.15, 0.2) is 42.5 Å². The quantitative estimate of drug-likeness (QED) is 0.502. The number of hydrogen-bond acceptors (Lipinski definition) is 5. The van der Waals surface area contributed by atoms with Gasteiger partial charge < -0.3 is 19.5 Å². The Kier molecular flexibility index (Phi) is 8.38. The maximum atomic E-state index is 12.6. The van der Waals surface area contributed by atoms with Gasteiger partial charge in [0.05, 0.1) is 7.11 Å². The van der Waals surface area contributed by atoms with Crippen molar-refractivity contribution >= 4 is 23.5 Å². The van der Waals surface area contributed by atoms with Crippen molar-refractivity contribution in [3.8, 4) is 23.8 Å². The Bertz CT molecular complexity index is 889. The van der Waals surface area contributed by atoms with Gasteiger partial charge in [0.15, 0.2) is 11.5 Å². The summed E-state index contributed by atoms with van der Waals surface area (Å²) in [5.74, 6) is 2.55. The summed E-state index contributed by atoms with van der Waals surface area (Å²) < 4.78 is 15.9. The van der Waals surface area contributed by atoms with Crippen LogP contribution < -0.4 is 14.8 Å². The Morgan fingerprint density at radius 1 is 1.17 bits per heavy atom. The van der Waals surface area contributed by atoms with Crippen molar-refractivity contribution in [2.45, 2.75) is 19.4 Å². The zero-order chi connectivity index (χ0) is 21.2. The molecule has 1 amide bonds. The zero-order valence-electron chi connectivity index (χ0n) is 16.2. The third-order valence-corrected chi connectivity index (χ3v) is 4.20. The minimum atomic E-state index is -1.04. The smallest absolute Gasteiger partial charge is 0.303 e. The molecule has 1 unspecified atom stereocenters. The SMILES string of the molecule is C#CCOc1ccc(CCNC(=O)C(OC(C)=O)c2ccc(Cl)cc2)cc1OC. The minimum absolute atomic E-state index is 0.147. The van der Waals surface area contributed by atoms with Crippen molar-refractivity contribution in [1.82, 2.24) is 5.32 Å². The lowest BCUT2D eigenvalue weighted by Gasteiger charge is -2.17. The molecule has 2 aromatic rings. The first-order valence-electron chi connectivity index (χ1n) is 8.88. The Morgan fingerprint density at radius 2 is 1.90 bits per heavy atom. The van der Waals surface area contributed by atoms with E-state index in [1.807, 2.05) is 12.1 Å². The minimum Gasteiger partial charge on any atom is -0.493 e. The molecule has 1 N–H and O–H groups in total. The van der Waals surface area contributed by atoms with Crippen molar-refractivity contribution in [1.29, 1.82) is 0 Å². The summed E-state index contributed by atoms with van der Waals surface area (Å²) in [7, 11) is 1.54. The number of terminal acetylenes is 1. The van der Waals surface area contributed by atoms with Crippen LogP contribution in [0.2, 0.25) is 5.02 Å². The number of esters is 1. The summed E-state index contributed by atoms with van der Waals surface area (Å²) in [6, 6.07) is 12.0. The van der Waals surface area contributed by atoms with Gasteiger partial charge in [0, 0.05) is 24.1 Å². The van der Waals surface area contributed by atoms with Gasteiger partial charge in [-0.3, -0.25) is 9.59 Å². The first-order valence-corrected chi connectivity index (χ1v) is 9.26. The van der Waals surface area contributed by atoms with Crippen LogP contribution in [0.4, 0.5) is 0 Å². The lowest BCUT2D eigenvalue weighted by Crippen LogP contribution is -2.33. The van der Waals surface area contributed by atoms with Gasteiger partial charge in [-0.25, -0.2) is 0 Å². The summed E-state index contributed by atoms with van der Waals surface area (Å²) in [5.41, 5.74) is 1.48. The fourth-order valence-corrected chi connectivity index (χ4v) is 2.73. The van der Waals surface area contributed by atoms with E-state index in [9.17, 15) is 9.59 Å². The molecule has 0 saturated carbocycles. The third kappa shape index (κ3) is 6.74. The average Bonchev–Trinajstić information content (AvgIpc) is 2.71. The molecule has 152 valence electrons. The monoisotopic (exact) mass is 415 g/mol. The van der Waals surface area contributed by atoms with E-state index in [-0.39, 0.29) is 6.61 Å². The highest BCUT2D eigenvalue weighted by atomic mass is 35.5. The van der Waals surface area contributed by atoms with Gasteiger partial charge in [-0.05, 0) is 36.2 Å². The Morgan fingerprint density at radius 3 is 2.52 bits per heavy atom. The van der Waals surface area contributed by atoms with Crippen molar-refractivity contribution in [3.63, 3.8) is 0 Å². The molecule has 0 heterocycles. The van der Waals surface area contributed by atoms with Crippen LogP contribution >= 0.6 is 11.6 Å². The maximum absolute atomic E-state index is 12.6. The number of carbonyl (C=O) groups is 2. The number of rotatable bonds is 9. The molecule has 29 heavy (non-hydrogen) atoms. The van der Waals surface area contributed by atoms with Gasteiger partial charge >= 0.3 is 5.97 Å². The van der Waals surface area contributed by atoms with E-state index in [4.69, 9.17) is 32.2 Å². The number of hydrogen-bond donors (Lipinski definition) is 1. The molecule has 6 nitrogen and oxygen atoms in total. The lowest BCUT2D eigenvalue weighted by atomic mass is 10.1. The van der Waals surface area contributed by atoms with Crippen LogP contribution in [0.25, 0.3) is 0 Å². The number of nitrogens with one attached hydrogen (secondary N) is 1. The number of ether oxygens (including phenoxy) is 3. The summed E-state index contributed by atoms with van der Waals surface area (Å²) in [6.07, 6.45) is 4.71. The second kappa shape index (κ2) is 11.0. The van der Waals surface area contributed by atoms with Crippen LogP contribution in [0, 0.1) is 12.3 Å². The normalized spacial score (nSPS) is 11.1. The molecule has 0 aliphatic carbocycles. The van der Waals surface area contributed by atoms with Crippen molar-refractivity contribution in [2.75, 3.05) is 20.3 Å².